The minimum absolute atomic E-state index is 0.358. The second-order valence-corrected chi connectivity index (χ2v) is 2.74. The van der Waals surface area contributed by atoms with Crippen LogP contribution in [0, 0.1) is 20.2 Å². The van der Waals surface area contributed by atoms with Crippen LogP contribution in [0.15, 0.2) is 19.3 Å². The fraction of sp³-hybridized carbons (Fsp3) is 0. The smallest absolute Gasteiger partial charge is 0.308 e. The first-order chi connectivity index (χ1) is 9.52. The Morgan fingerprint density at radius 2 is 1.30 bits per heavy atom. The van der Waals surface area contributed by atoms with Crippen molar-refractivity contribution in [3.05, 3.63) is 20.2 Å². The van der Waals surface area contributed by atoms with E-state index in [2.05, 4.69) is 39.6 Å². The lowest BCUT2D eigenvalue weighted by Crippen LogP contribution is -2.07. The van der Waals surface area contributed by atoms with E-state index in [9.17, 15) is 20.2 Å². The van der Waals surface area contributed by atoms with Crippen molar-refractivity contribution in [3.8, 4) is 0 Å². The molecule has 0 aliphatic carbocycles. The van der Waals surface area contributed by atoms with Gasteiger partial charge in [0, 0.05) is 0 Å². The molecule has 2 N–H and O–H groups in total. The molecule has 0 unspecified atom stereocenters. The summed E-state index contributed by atoms with van der Waals surface area (Å²) in [5.74, 6) is -0.717. The maximum atomic E-state index is 10.1. The van der Waals surface area contributed by atoms with Crippen LogP contribution in [0.1, 0.15) is 0 Å². The van der Waals surface area contributed by atoms with Gasteiger partial charge < -0.3 is 9.05 Å². The largest absolute Gasteiger partial charge is 0.381 e. The van der Waals surface area contributed by atoms with Gasteiger partial charge in [0.25, 0.3) is 0 Å². The Bertz CT molecular complexity index is 602. The van der Waals surface area contributed by atoms with Gasteiger partial charge >= 0.3 is 23.9 Å². The summed E-state index contributed by atoms with van der Waals surface area (Å²) in [5.41, 5.74) is 3.19. The molecule has 16 nitrogen and oxygen atoms in total. The average Bonchev–Trinajstić information content (AvgIpc) is 2.94. The zero-order valence-corrected chi connectivity index (χ0v) is 9.03. The Morgan fingerprint density at radius 3 is 1.65 bits per heavy atom. The zero-order valence-electron chi connectivity index (χ0n) is 9.03. The zero-order chi connectivity index (χ0) is 14.5. The molecule has 2 aromatic heterocycles. The SMILES string of the molecule is O=[N+]([O-])Nc1nc(N=Nc2noc(N[N+](=O)[O-])n2)no1. The number of aromatic nitrogens is 4. The van der Waals surface area contributed by atoms with Crippen molar-refractivity contribution in [3.63, 3.8) is 0 Å². The van der Waals surface area contributed by atoms with Crippen LogP contribution in [-0.2, 0) is 0 Å². The average molecular weight is 286 g/mol. The van der Waals surface area contributed by atoms with E-state index in [1.54, 1.807) is 10.9 Å². The third-order valence-electron chi connectivity index (χ3n) is 1.43. The maximum Gasteiger partial charge on any atom is 0.381 e. The number of azo groups is 1. The first-order valence-corrected chi connectivity index (χ1v) is 4.44. The number of hydrazine groups is 2. The van der Waals surface area contributed by atoms with E-state index >= 15 is 0 Å². The fourth-order valence-corrected chi connectivity index (χ4v) is 0.849. The fourth-order valence-electron chi connectivity index (χ4n) is 0.849. The van der Waals surface area contributed by atoms with E-state index < -0.39 is 22.1 Å². The molecule has 0 saturated heterocycles. The number of rotatable bonds is 6. The molecule has 0 atom stereocenters. The van der Waals surface area contributed by atoms with Gasteiger partial charge in [0.15, 0.2) is 10.1 Å². The van der Waals surface area contributed by atoms with Gasteiger partial charge in [-0.1, -0.05) is 0 Å². The van der Waals surface area contributed by atoms with Gasteiger partial charge in [-0.25, -0.2) is 20.2 Å². The number of nitrogens with zero attached hydrogens (tertiary/aromatic N) is 8. The normalized spacial score (nSPS) is 10.6. The molecule has 0 radical (unpaired) electrons. The number of nitro groups is 2. The molecule has 0 bridgehead atoms. The molecule has 2 rings (SSSR count). The molecule has 20 heavy (non-hydrogen) atoms. The highest BCUT2D eigenvalue weighted by Gasteiger charge is 2.11. The second-order valence-electron chi connectivity index (χ2n) is 2.74. The molecule has 0 saturated carbocycles. The van der Waals surface area contributed by atoms with Crippen LogP contribution in [-0.4, -0.2) is 30.3 Å². The van der Waals surface area contributed by atoms with Crippen LogP contribution in [0.4, 0.5) is 23.9 Å². The van der Waals surface area contributed by atoms with E-state index in [0.717, 1.165) is 0 Å². The predicted octanol–water partition coefficient (Wildman–Crippen LogP) is 0.0752. The molecule has 0 fully saturated rings. The minimum Gasteiger partial charge on any atom is -0.308 e. The van der Waals surface area contributed by atoms with Gasteiger partial charge in [-0.2, -0.15) is 0 Å². The number of hydrogen-bond donors (Lipinski definition) is 2. The molecular formula is C4H2N10O6. The third-order valence-corrected chi connectivity index (χ3v) is 1.43. The lowest BCUT2D eigenvalue weighted by molar-refractivity contribution is -0.447. The van der Waals surface area contributed by atoms with Crippen LogP contribution in [0.5, 0.6) is 0 Å². The Morgan fingerprint density at radius 1 is 0.900 bits per heavy atom. The second kappa shape index (κ2) is 5.29. The Hall–Kier alpha value is -3.72. The molecule has 2 aromatic rings. The summed E-state index contributed by atoms with van der Waals surface area (Å²) in [4.78, 5) is 27.0. The monoisotopic (exact) mass is 286 g/mol. The molecule has 0 aromatic carbocycles. The van der Waals surface area contributed by atoms with Crippen LogP contribution in [0.3, 0.4) is 0 Å². The molecule has 0 spiro atoms. The van der Waals surface area contributed by atoms with Crippen molar-refractivity contribution in [2.24, 2.45) is 10.2 Å². The molecule has 0 aliphatic heterocycles. The quantitative estimate of drug-likeness (QED) is 0.409. The third kappa shape index (κ3) is 3.38. The Balaban J connectivity index is 2.01. The molecule has 2 heterocycles. The molecule has 0 amide bonds. The summed E-state index contributed by atoms with van der Waals surface area (Å²) in [6.07, 6.45) is 0. The van der Waals surface area contributed by atoms with Gasteiger partial charge in [-0.05, 0) is 21.2 Å². The van der Waals surface area contributed by atoms with Crippen molar-refractivity contribution in [2.75, 3.05) is 10.9 Å². The summed E-state index contributed by atoms with van der Waals surface area (Å²) in [7, 11) is 0. The standard InChI is InChI=1S/C4H2N10O6/c15-13(16)9-3-5-1(11-19-3)7-8-2-6-4(20-12-2)10-14(17)18/h(H,5,9,11)(H,6,10,12). The lowest BCUT2D eigenvalue weighted by Gasteiger charge is -1.83. The minimum atomic E-state index is -0.914. The topological polar surface area (TPSA) is 213 Å². The number of anilines is 2. The van der Waals surface area contributed by atoms with Crippen LogP contribution >= 0.6 is 0 Å². The van der Waals surface area contributed by atoms with Crippen molar-refractivity contribution in [1.29, 1.82) is 0 Å². The van der Waals surface area contributed by atoms with Gasteiger partial charge in [-0.15, -0.1) is 20.2 Å². The van der Waals surface area contributed by atoms with Crippen molar-refractivity contribution in [1.82, 2.24) is 20.3 Å². The Kier molecular flexibility index (Phi) is 3.36. The lowest BCUT2D eigenvalue weighted by atomic mass is 11.0. The summed E-state index contributed by atoms with van der Waals surface area (Å²) in [6.45, 7) is 0. The summed E-state index contributed by atoms with van der Waals surface area (Å²) in [5, 5.41) is 31.5. The molecular weight excluding hydrogens is 284 g/mol. The van der Waals surface area contributed by atoms with Gasteiger partial charge in [0.1, 0.15) is 0 Å². The molecule has 0 aliphatic rings. The van der Waals surface area contributed by atoms with Crippen LogP contribution in [0.25, 0.3) is 0 Å². The summed E-state index contributed by atoms with van der Waals surface area (Å²) < 4.78 is 8.78. The highest BCUT2D eigenvalue weighted by molar-refractivity contribution is 5.25. The van der Waals surface area contributed by atoms with E-state index in [4.69, 9.17) is 0 Å². The van der Waals surface area contributed by atoms with Crippen LogP contribution in [0.2, 0.25) is 0 Å². The van der Waals surface area contributed by atoms with Gasteiger partial charge in [-0.3, -0.25) is 0 Å². The van der Waals surface area contributed by atoms with Crippen molar-refractivity contribution in [2.45, 2.75) is 0 Å². The van der Waals surface area contributed by atoms with E-state index in [1.807, 2.05) is 0 Å². The van der Waals surface area contributed by atoms with Crippen molar-refractivity contribution < 1.29 is 19.1 Å². The summed E-state index contributed by atoms with van der Waals surface area (Å²) in [6, 6.07) is -1.01. The van der Waals surface area contributed by atoms with E-state index in [1.165, 1.54) is 0 Å². The van der Waals surface area contributed by atoms with Gasteiger partial charge in [0.2, 0.25) is 0 Å². The first kappa shape index (κ1) is 12.7. The highest BCUT2D eigenvalue weighted by atomic mass is 16.7. The first-order valence-electron chi connectivity index (χ1n) is 4.44. The van der Waals surface area contributed by atoms with Crippen LogP contribution < -0.4 is 10.9 Å². The van der Waals surface area contributed by atoms with Gasteiger partial charge in [0.05, 0.1) is 0 Å². The van der Waals surface area contributed by atoms with E-state index in [0.29, 0.717) is 0 Å². The predicted molar refractivity (Wildman–Crippen MR) is 54.0 cm³/mol. The Labute approximate surface area is 106 Å². The highest BCUT2D eigenvalue weighted by Crippen LogP contribution is 2.15. The van der Waals surface area contributed by atoms with E-state index in [-0.39, 0.29) is 11.9 Å². The summed E-state index contributed by atoms with van der Waals surface area (Å²) >= 11 is 0. The molecule has 16 heteroatoms. The number of nitrogens with one attached hydrogen (secondary N) is 2. The maximum absolute atomic E-state index is 10.1. The molecule has 104 valence electrons. The number of hydrogen-bond acceptors (Lipinski definition) is 12. The van der Waals surface area contributed by atoms with Crippen molar-refractivity contribution >= 4 is 23.9 Å².